The third kappa shape index (κ3) is 4.58. The number of alkyl halides is 3. The smallest absolute Gasteiger partial charge is 0.406 e. The van der Waals surface area contributed by atoms with Crippen LogP contribution in [0.4, 0.5) is 13.2 Å². The van der Waals surface area contributed by atoms with Gasteiger partial charge in [-0.25, -0.2) is 0 Å². The van der Waals surface area contributed by atoms with Crippen molar-refractivity contribution in [2.75, 3.05) is 19.6 Å². The van der Waals surface area contributed by atoms with E-state index >= 15 is 0 Å². The zero-order chi connectivity index (χ0) is 18.7. The molecule has 0 amide bonds. The largest absolute Gasteiger partial charge is 0.573 e. The van der Waals surface area contributed by atoms with E-state index in [9.17, 15) is 13.2 Å². The molecule has 0 radical (unpaired) electrons. The molecule has 3 rings (SSSR count). The first-order valence-corrected chi connectivity index (χ1v) is 9.00. The summed E-state index contributed by atoms with van der Waals surface area (Å²) in [6.07, 6.45) is -1.36. The monoisotopic (exact) mass is 367 g/mol. The fourth-order valence-electron chi connectivity index (χ4n) is 3.53. The van der Waals surface area contributed by atoms with Gasteiger partial charge in [0.2, 0.25) is 0 Å². The molecular formula is C19H24F3N3O. The normalized spacial score (nSPS) is 16.8. The second-order valence-electron chi connectivity index (χ2n) is 6.76. The molecule has 4 nitrogen and oxygen atoms in total. The van der Waals surface area contributed by atoms with E-state index in [0.717, 1.165) is 49.4 Å². The zero-order valence-electron chi connectivity index (χ0n) is 15.1. The molecule has 7 heteroatoms. The summed E-state index contributed by atoms with van der Waals surface area (Å²) in [7, 11) is 0. The Morgan fingerprint density at radius 2 is 1.81 bits per heavy atom. The summed E-state index contributed by atoms with van der Waals surface area (Å²) < 4.78 is 42.8. The van der Waals surface area contributed by atoms with Gasteiger partial charge in [-0.05, 0) is 63.1 Å². The molecule has 0 atom stereocenters. The summed E-state index contributed by atoms with van der Waals surface area (Å²) in [6, 6.07) is 8.22. The molecule has 142 valence electrons. The van der Waals surface area contributed by atoms with Crippen molar-refractivity contribution in [1.82, 2.24) is 14.7 Å². The lowest BCUT2D eigenvalue weighted by Crippen LogP contribution is -2.35. The molecule has 1 fully saturated rings. The van der Waals surface area contributed by atoms with E-state index in [0.29, 0.717) is 6.04 Å². The van der Waals surface area contributed by atoms with Crippen LogP contribution in [0.3, 0.4) is 0 Å². The van der Waals surface area contributed by atoms with E-state index in [1.54, 1.807) is 12.1 Å². The van der Waals surface area contributed by atoms with Gasteiger partial charge in [-0.3, -0.25) is 4.68 Å². The van der Waals surface area contributed by atoms with Crippen LogP contribution in [0, 0.1) is 6.92 Å². The van der Waals surface area contributed by atoms with Crippen molar-refractivity contribution in [2.24, 2.45) is 0 Å². The topological polar surface area (TPSA) is 30.3 Å². The number of ether oxygens (including phenoxy) is 1. The molecule has 0 unspecified atom stereocenters. The number of likely N-dealkylation sites (tertiary alicyclic amines) is 1. The molecule has 1 aliphatic heterocycles. The average molecular weight is 367 g/mol. The van der Waals surface area contributed by atoms with Crippen molar-refractivity contribution in [1.29, 1.82) is 0 Å². The van der Waals surface area contributed by atoms with Gasteiger partial charge >= 0.3 is 6.36 Å². The number of benzene rings is 1. The number of halogens is 3. The third-order valence-electron chi connectivity index (χ3n) is 4.75. The quantitative estimate of drug-likeness (QED) is 0.760. The minimum atomic E-state index is -4.67. The fourth-order valence-corrected chi connectivity index (χ4v) is 3.53. The highest BCUT2D eigenvalue weighted by Gasteiger charge is 2.31. The van der Waals surface area contributed by atoms with E-state index in [-0.39, 0.29) is 5.75 Å². The maximum absolute atomic E-state index is 12.3. The van der Waals surface area contributed by atoms with E-state index in [1.165, 1.54) is 18.6 Å². The van der Waals surface area contributed by atoms with Crippen molar-refractivity contribution >= 4 is 0 Å². The molecule has 1 aromatic heterocycles. The van der Waals surface area contributed by atoms with Gasteiger partial charge in [-0.15, -0.1) is 13.2 Å². The van der Waals surface area contributed by atoms with Crippen LogP contribution >= 0.6 is 0 Å². The fraction of sp³-hybridized carbons (Fsp3) is 0.526. The second-order valence-corrected chi connectivity index (χ2v) is 6.76. The summed E-state index contributed by atoms with van der Waals surface area (Å²) in [5.41, 5.74) is 2.63. The minimum Gasteiger partial charge on any atom is -0.406 e. The lowest BCUT2D eigenvalue weighted by Gasteiger charge is -2.32. The second kappa shape index (κ2) is 7.70. The molecule has 1 aromatic carbocycles. The highest BCUT2D eigenvalue weighted by Crippen LogP contribution is 2.29. The summed E-state index contributed by atoms with van der Waals surface area (Å²) in [5.74, 6) is -0.222. The van der Waals surface area contributed by atoms with Gasteiger partial charge in [-0.2, -0.15) is 5.10 Å². The van der Waals surface area contributed by atoms with E-state index in [1.807, 2.05) is 13.0 Å². The van der Waals surface area contributed by atoms with Crippen molar-refractivity contribution in [3.63, 3.8) is 0 Å². The van der Waals surface area contributed by atoms with Crippen LogP contribution in [0.25, 0.3) is 11.3 Å². The van der Waals surface area contributed by atoms with Crippen molar-refractivity contribution in [2.45, 2.75) is 45.5 Å². The Balaban J connectivity index is 1.70. The van der Waals surface area contributed by atoms with Gasteiger partial charge in [0.25, 0.3) is 0 Å². The van der Waals surface area contributed by atoms with Gasteiger partial charge in [-0.1, -0.05) is 6.92 Å². The third-order valence-corrected chi connectivity index (χ3v) is 4.75. The van der Waals surface area contributed by atoms with Gasteiger partial charge in [0.1, 0.15) is 5.75 Å². The minimum absolute atomic E-state index is 0.222. The molecule has 2 heterocycles. The van der Waals surface area contributed by atoms with Crippen LogP contribution in [0.1, 0.15) is 37.9 Å². The summed E-state index contributed by atoms with van der Waals surface area (Å²) in [5, 5.41) is 4.71. The predicted octanol–water partition coefficient (Wildman–Crippen LogP) is 4.80. The maximum Gasteiger partial charge on any atom is 0.573 e. The van der Waals surface area contributed by atoms with Crippen molar-refractivity contribution in [3.8, 4) is 17.0 Å². The summed E-state index contributed by atoms with van der Waals surface area (Å²) in [6.45, 7) is 7.52. The van der Waals surface area contributed by atoms with E-state index in [2.05, 4.69) is 21.2 Å². The molecule has 0 N–H and O–H groups in total. The molecule has 0 bridgehead atoms. The Bertz CT molecular complexity index is 717. The predicted molar refractivity (Wildman–Crippen MR) is 94.1 cm³/mol. The Kier molecular flexibility index (Phi) is 5.55. The number of piperidine rings is 1. The summed E-state index contributed by atoms with van der Waals surface area (Å²) >= 11 is 0. The Morgan fingerprint density at radius 3 is 2.38 bits per heavy atom. The Labute approximate surface area is 151 Å². The molecule has 1 saturated heterocycles. The van der Waals surface area contributed by atoms with Gasteiger partial charge in [0.15, 0.2) is 0 Å². The first kappa shape index (κ1) is 18.8. The molecule has 1 aliphatic rings. The Morgan fingerprint density at radius 1 is 1.15 bits per heavy atom. The van der Waals surface area contributed by atoms with Crippen LogP contribution in [-0.4, -0.2) is 40.7 Å². The van der Waals surface area contributed by atoms with Gasteiger partial charge in [0.05, 0.1) is 11.7 Å². The number of rotatable bonds is 5. The molecule has 0 aliphatic carbocycles. The Hall–Kier alpha value is -2.02. The van der Waals surface area contributed by atoms with Gasteiger partial charge < -0.3 is 9.64 Å². The molecule has 26 heavy (non-hydrogen) atoms. The number of aryl methyl sites for hydroxylation is 1. The van der Waals surface area contributed by atoms with Gasteiger partial charge in [0, 0.05) is 24.3 Å². The first-order chi connectivity index (χ1) is 12.4. The van der Waals surface area contributed by atoms with Crippen LogP contribution in [0.2, 0.25) is 0 Å². The zero-order valence-corrected chi connectivity index (χ0v) is 15.1. The average Bonchev–Trinajstić information content (AvgIpc) is 2.97. The van der Waals surface area contributed by atoms with Crippen molar-refractivity contribution in [3.05, 3.63) is 36.0 Å². The molecule has 0 saturated carbocycles. The first-order valence-electron chi connectivity index (χ1n) is 9.00. The lowest BCUT2D eigenvalue weighted by molar-refractivity contribution is -0.274. The standard InChI is InChI=1S/C19H24F3N3O/c1-3-10-24-11-8-16(9-12-24)25-14(2)13-18(23-25)15-4-6-17(7-5-15)26-19(20,21)22/h4-7,13,16H,3,8-12H2,1-2H3. The number of hydrogen-bond donors (Lipinski definition) is 0. The van der Waals surface area contributed by atoms with Crippen LogP contribution in [0.5, 0.6) is 5.75 Å². The SMILES string of the molecule is CCCN1CCC(n2nc(-c3ccc(OC(F)(F)F)cc3)cc2C)CC1. The molecule has 0 spiro atoms. The number of aromatic nitrogens is 2. The molecule has 2 aromatic rings. The lowest BCUT2D eigenvalue weighted by atomic mass is 10.0. The number of nitrogens with zero attached hydrogens (tertiary/aromatic N) is 3. The highest BCUT2D eigenvalue weighted by molar-refractivity contribution is 5.60. The van der Waals surface area contributed by atoms with Crippen LogP contribution in [-0.2, 0) is 0 Å². The van der Waals surface area contributed by atoms with Crippen LogP contribution in [0.15, 0.2) is 30.3 Å². The van der Waals surface area contributed by atoms with Crippen LogP contribution < -0.4 is 4.74 Å². The van der Waals surface area contributed by atoms with E-state index < -0.39 is 6.36 Å². The van der Waals surface area contributed by atoms with E-state index in [4.69, 9.17) is 5.10 Å². The number of hydrogen-bond acceptors (Lipinski definition) is 3. The highest BCUT2D eigenvalue weighted by atomic mass is 19.4. The summed E-state index contributed by atoms with van der Waals surface area (Å²) in [4.78, 5) is 2.48. The van der Waals surface area contributed by atoms with Crippen molar-refractivity contribution < 1.29 is 17.9 Å². The molecular weight excluding hydrogens is 343 g/mol. The maximum atomic E-state index is 12.3.